The van der Waals surface area contributed by atoms with Crippen LogP contribution >= 0.6 is 0 Å². The predicted molar refractivity (Wildman–Crippen MR) is 62.9 cm³/mol. The molecule has 0 saturated carbocycles. The molecular formula is C12H11NO5. The molecule has 0 atom stereocenters. The molecule has 6 heteroatoms. The van der Waals surface area contributed by atoms with E-state index in [1.165, 1.54) is 13.2 Å². The molecule has 0 aliphatic heterocycles. The van der Waals surface area contributed by atoms with Gasteiger partial charge >= 0.3 is 11.9 Å². The Kier molecular flexibility index (Phi) is 3.18. The maximum Gasteiger partial charge on any atom is 0.374 e. The van der Waals surface area contributed by atoms with Crippen LogP contribution in [0.3, 0.4) is 0 Å². The van der Waals surface area contributed by atoms with Crippen molar-refractivity contribution in [3.05, 3.63) is 30.0 Å². The van der Waals surface area contributed by atoms with Crippen molar-refractivity contribution < 1.29 is 23.5 Å². The summed E-state index contributed by atoms with van der Waals surface area (Å²) < 4.78 is 14.3. The highest BCUT2D eigenvalue weighted by atomic mass is 16.6. The van der Waals surface area contributed by atoms with Gasteiger partial charge in [-0.05, 0) is 24.3 Å². The van der Waals surface area contributed by atoms with E-state index in [4.69, 9.17) is 14.9 Å². The smallest absolute Gasteiger partial charge is 0.374 e. The van der Waals surface area contributed by atoms with Gasteiger partial charge in [0.05, 0.1) is 7.11 Å². The molecule has 0 unspecified atom stereocenters. The second kappa shape index (κ2) is 4.79. The molecule has 1 heterocycles. The van der Waals surface area contributed by atoms with Crippen LogP contribution in [0.15, 0.2) is 28.7 Å². The fraction of sp³-hybridized carbons (Fsp3) is 0.167. The van der Waals surface area contributed by atoms with Crippen LogP contribution in [0.4, 0.5) is 5.69 Å². The topological polar surface area (TPSA) is 91.8 Å². The zero-order chi connectivity index (χ0) is 13.1. The van der Waals surface area contributed by atoms with Crippen LogP contribution in [0.25, 0.3) is 11.0 Å². The number of nitrogens with two attached hydrogens (primary N) is 1. The molecule has 0 saturated heterocycles. The number of anilines is 1. The van der Waals surface area contributed by atoms with E-state index in [0.717, 1.165) is 0 Å². The van der Waals surface area contributed by atoms with Crippen molar-refractivity contribution in [2.75, 3.05) is 19.5 Å². The van der Waals surface area contributed by atoms with Crippen molar-refractivity contribution in [3.63, 3.8) is 0 Å². The summed E-state index contributed by atoms with van der Waals surface area (Å²) in [5, 5.41) is 0.694. The van der Waals surface area contributed by atoms with E-state index in [1.54, 1.807) is 18.2 Å². The minimum atomic E-state index is -0.727. The van der Waals surface area contributed by atoms with Gasteiger partial charge in [-0.2, -0.15) is 0 Å². The number of carbonyl (C=O) groups is 2. The molecule has 1 aromatic heterocycles. The molecule has 6 nitrogen and oxygen atoms in total. The molecule has 0 amide bonds. The zero-order valence-electron chi connectivity index (χ0n) is 9.64. The fourth-order valence-electron chi connectivity index (χ4n) is 1.42. The molecule has 2 aromatic rings. The van der Waals surface area contributed by atoms with E-state index >= 15 is 0 Å². The summed E-state index contributed by atoms with van der Waals surface area (Å²) in [6.45, 7) is -0.450. The maximum atomic E-state index is 11.6. The van der Waals surface area contributed by atoms with Gasteiger partial charge < -0.3 is 19.6 Å². The van der Waals surface area contributed by atoms with E-state index in [0.29, 0.717) is 16.7 Å². The Bertz CT molecular complexity index is 602. The van der Waals surface area contributed by atoms with Crippen LogP contribution in [0.1, 0.15) is 10.6 Å². The zero-order valence-corrected chi connectivity index (χ0v) is 9.64. The van der Waals surface area contributed by atoms with Gasteiger partial charge in [-0.15, -0.1) is 0 Å². The standard InChI is InChI=1S/C12H11NO5/c1-16-11(14)6-17-12(15)10-5-7-4-8(13)2-3-9(7)18-10/h2-5H,6,13H2,1H3. The van der Waals surface area contributed by atoms with Gasteiger partial charge in [-0.1, -0.05) is 0 Å². The summed E-state index contributed by atoms with van der Waals surface area (Å²) in [6.07, 6.45) is 0. The minimum absolute atomic E-state index is 0.0134. The number of furan rings is 1. The number of fused-ring (bicyclic) bond motifs is 1. The molecule has 0 radical (unpaired) electrons. The maximum absolute atomic E-state index is 11.6. The third kappa shape index (κ3) is 2.42. The molecule has 1 aromatic carbocycles. The Balaban J connectivity index is 2.15. The highest BCUT2D eigenvalue weighted by molar-refractivity contribution is 5.94. The van der Waals surface area contributed by atoms with Gasteiger partial charge in [-0.25, -0.2) is 9.59 Å². The second-order valence-corrected chi connectivity index (χ2v) is 3.56. The van der Waals surface area contributed by atoms with Crippen LogP contribution < -0.4 is 5.73 Å². The number of esters is 2. The molecule has 94 valence electrons. The first kappa shape index (κ1) is 12.0. The number of hydrogen-bond acceptors (Lipinski definition) is 6. The van der Waals surface area contributed by atoms with Gasteiger partial charge in [0.25, 0.3) is 0 Å². The van der Waals surface area contributed by atoms with Gasteiger partial charge in [0, 0.05) is 11.1 Å². The number of methoxy groups -OCH3 is 1. The van der Waals surface area contributed by atoms with E-state index in [9.17, 15) is 9.59 Å². The average Bonchev–Trinajstić information content (AvgIpc) is 2.78. The van der Waals surface area contributed by atoms with Crippen LogP contribution in [0, 0.1) is 0 Å². The number of ether oxygens (including phenoxy) is 2. The molecule has 2 N–H and O–H groups in total. The molecule has 2 rings (SSSR count). The van der Waals surface area contributed by atoms with Crippen molar-refractivity contribution >= 4 is 28.6 Å². The Morgan fingerprint density at radius 1 is 1.33 bits per heavy atom. The number of carbonyl (C=O) groups excluding carboxylic acids is 2. The van der Waals surface area contributed by atoms with Crippen LogP contribution in [0.2, 0.25) is 0 Å². The summed E-state index contributed by atoms with van der Waals surface area (Å²) in [5.74, 6) is -1.35. The van der Waals surface area contributed by atoms with Gasteiger partial charge in [0.2, 0.25) is 5.76 Å². The predicted octanol–water partition coefficient (Wildman–Crippen LogP) is 1.34. The quantitative estimate of drug-likeness (QED) is 0.652. The van der Waals surface area contributed by atoms with E-state index in [1.807, 2.05) is 0 Å². The molecular weight excluding hydrogens is 238 g/mol. The molecule has 0 spiro atoms. The normalized spacial score (nSPS) is 10.3. The van der Waals surface area contributed by atoms with Crippen molar-refractivity contribution in [3.8, 4) is 0 Å². The lowest BCUT2D eigenvalue weighted by molar-refractivity contribution is -0.144. The van der Waals surface area contributed by atoms with E-state index < -0.39 is 18.5 Å². The van der Waals surface area contributed by atoms with Gasteiger partial charge in [-0.3, -0.25) is 0 Å². The highest BCUT2D eigenvalue weighted by Crippen LogP contribution is 2.22. The Morgan fingerprint density at radius 3 is 2.83 bits per heavy atom. The number of benzene rings is 1. The van der Waals surface area contributed by atoms with Crippen molar-refractivity contribution in [1.82, 2.24) is 0 Å². The summed E-state index contributed by atoms with van der Waals surface area (Å²) in [7, 11) is 1.21. The Morgan fingerprint density at radius 2 is 2.11 bits per heavy atom. The molecule has 0 aliphatic rings. The van der Waals surface area contributed by atoms with Crippen LogP contribution in [-0.4, -0.2) is 25.7 Å². The minimum Gasteiger partial charge on any atom is -0.466 e. The lowest BCUT2D eigenvalue weighted by Crippen LogP contribution is -2.14. The fourth-order valence-corrected chi connectivity index (χ4v) is 1.42. The van der Waals surface area contributed by atoms with E-state index in [-0.39, 0.29) is 5.76 Å². The first-order chi connectivity index (χ1) is 8.60. The summed E-state index contributed by atoms with van der Waals surface area (Å²) in [5.41, 5.74) is 6.70. The second-order valence-electron chi connectivity index (χ2n) is 3.56. The molecule has 18 heavy (non-hydrogen) atoms. The summed E-state index contributed by atoms with van der Waals surface area (Å²) >= 11 is 0. The number of nitrogen functional groups attached to an aromatic ring is 1. The van der Waals surface area contributed by atoms with Crippen LogP contribution in [0.5, 0.6) is 0 Å². The Labute approximate surface area is 102 Å². The lowest BCUT2D eigenvalue weighted by atomic mass is 10.2. The van der Waals surface area contributed by atoms with Crippen molar-refractivity contribution in [1.29, 1.82) is 0 Å². The SMILES string of the molecule is COC(=O)COC(=O)c1cc2cc(N)ccc2o1. The first-order valence-corrected chi connectivity index (χ1v) is 5.13. The molecule has 0 fully saturated rings. The average molecular weight is 249 g/mol. The number of rotatable bonds is 3. The van der Waals surface area contributed by atoms with Crippen molar-refractivity contribution in [2.45, 2.75) is 0 Å². The molecule has 0 aliphatic carbocycles. The molecule has 0 bridgehead atoms. The third-order valence-corrected chi connectivity index (χ3v) is 2.29. The largest absolute Gasteiger partial charge is 0.466 e. The van der Waals surface area contributed by atoms with Crippen molar-refractivity contribution in [2.24, 2.45) is 0 Å². The highest BCUT2D eigenvalue weighted by Gasteiger charge is 2.15. The van der Waals surface area contributed by atoms with Gasteiger partial charge in [0.15, 0.2) is 6.61 Å². The summed E-state index contributed by atoms with van der Waals surface area (Å²) in [6, 6.07) is 6.50. The van der Waals surface area contributed by atoms with Gasteiger partial charge in [0.1, 0.15) is 5.58 Å². The Hall–Kier alpha value is -2.50. The summed E-state index contributed by atoms with van der Waals surface area (Å²) in [4.78, 5) is 22.4. The van der Waals surface area contributed by atoms with Crippen LogP contribution in [-0.2, 0) is 14.3 Å². The lowest BCUT2D eigenvalue weighted by Gasteiger charge is -1.99. The monoisotopic (exact) mass is 249 g/mol. The third-order valence-electron chi connectivity index (χ3n) is 2.29. The van der Waals surface area contributed by atoms with E-state index in [2.05, 4.69) is 4.74 Å². The number of hydrogen-bond donors (Lipinski definition) is 1. The first-order valence-electron chi connectivity index (χ1n) is 5.13.